The van der Waals surface area contributed by atoms with E-state index in [4.69, 9.17) is 0 Å². The summed E-state index contributed by atoms with van der Waals surface area (Å²) in [6, 6.07) is 0. The minimum atomic E-state index is -4.90. The minimum absolute atomic E-state index is 0.0221. The third-order valence-electron chi connectivity index (χ3n) is 4.14. The average molecular weight is 226 g/mol. The Labute approximate surface area is 85.5 Å². The average Bonchev–Trinajstić information content (AvgIpc) is 2.61. The summed E-state index contributed by atoms with van der Waals surface area (Å²) < 4.78 is 52.0. The fourth-order valence-corrected chi connectivity index (χ4v) is 3.09. The normalized spacial score (nSPS) is 44.4. The summed E-state index contributed by atoms with van der Waals surface area (Å²) in [7, 11) is 0. The van der Waals surface area contributed by atoms with E-state index in [1.165, 1.54) is 0 Å². The Morgan fingerprint density at radius 2 is 1.87 bits per heavy atom. The van der Waals surface area contributed by atoms with Gasteiger partial charge in [-0.3, -0.25) is 0 Å². The van der Waals surface area contributed by atoms with Crippen LogP contribution in [0.15, 0.2) is 0 Å². The van der Waals surface area contributed by atoms with E-state index < -0.39 is 23.4 Å². The van der Waals surface area contributed by atoms with Gasteiger partial charge in [0.05, 0.1) is 0 Å². The molecule has 4 unspecified atom stereocenters. The summed E-state index contributed by atoms with van der Waals surface area (Å²) in [5, 5.41) is 9.43. The van der Waals surface area contributed by atoms with E-state index >= 15 is 0 Å². The summed E-state index contributed by atoms with van der Waals surface area (Å²) in [5.74, 6) is -0.604. The molecule has 0 aromatic carbocycles. The zero-order valence-corrected chi connectivity index (χ0v) is 8.44. The third kappa shape index (κ3) is 1.31. The second kappa shape index (κ2) is 2.87. The fourth-order valence-electron chi connectivity index (χ4n) is 3.09. The number of fused-ring (bicyclic) bond motifs is 2. The number of rotatable bonds is 1. The van der Waals surface area contributed by atoms with E-state index in [1.807, 2.05) is 0 Å². The monoisotopic (exact) mass is 226 g/mol. The molecule has 2 rings (SSSR count). The zero-order chi connectivity index (χ0) is 11.5. The Balaban J connectivity index is 2.30. The topological polar surface area (TPSA) is 20.2 Å². The first-order valence-electron chi connectivity index (χ1n) is 5.16. The molecule has 0 saturated heterocycles. The van der Waals surface area contributed by atoms with Gasteiger partial charge in [-0.25, -0.2) is 4.39 Å². The lowest BCUT2D eigenvalue weighted by Crippen LogP contribution is -2.60. The van der Waals surface area contributed by atoms with Crippen molar-refractivity contribution in [1.82, 2.24) is 0 Å². The molecule has 1 N–H and O–H groups in total. The van der Waals surface area contributed by atoms with Crippen LogP contribution in [-0.2, 0) is 0 Å². The number of aliphatic hydroxyl groups is 1. The SMILES string of the molecule is CC(O)(C(F)(F)F)C1(F)CC2CCC1C2. The van der Waals surface area contributed by atoms with Gasteiger partial charge in [0.2, 0.25) is 0 Å². The van der Waals surface area contributed by atoms with Crippen molar-refractivity contribution in [2.75, 3.05) is 0 Å². The second-order valence-electron chi connectivity index (χ2n) is 5.01. The first-order valence-corrected chi connectivity index (χ1v) is 5.16. The summed E-state index contributed by atoms with van der Waals surface area (Å²) in [6.45, 7) is 0.563. The van der Waals surface area contributed by atoms with Gasteiger partial charge >= 0.3 is 6.18 Å². The molecule has 15 heavy (non-hydrogen) atoms. The molecule has 88 valence electrons. The molecule has 0 spiro atoms. The maximum atomic E-state index is 14.3. The number of alkyl halides is 4. The van der Waals surface area contributed by atoms with Crippen molar-refractivity contribution in [3.63, 3.8) is 0 Å². The van der Waals surface area contributed by atoms with Crippen LogP contribution in [0.4, 0.5) is 17.6 Å². The molecule has 1 nitrogen and oxygen atoms in total. The molecule has 0 aromatic heterocycles. The van der Waals surface area contributed by atoms with Crippen molar-refractivity contribution in [3.8, 4) is 0 Å². The Morgan fingerprint density at radius 1 is 1.27 bits per heavy atom. The zero-order valence-electron chi connectivity index (χ0n) is 8.44. The van der Waals surface area contributed by atoms with Gasteiger partial charge in [0.1, 0.15) is 0 Å². The Bertz CT molecular complexity index is 273. The van der Waals surface area contributed by atoms with Crippen molar-refractivity contribution in [2.45, 2.75) is 50.1 Å². The van der Waals surface area contributed by atoms with E-state index in [0.29, 0.717) is 19.8 Å². The van der Waals surface area contributed by atoms with Gasteiger partial charge in [-0.05, 0) is 44.4 Å². The summed E-state index contributed by atoms with van der Waals surface area (Å²) in [5.41, 5.74) is -5.69. The standard InChI is InChI=1S/C10H14F4O/c1-8(15,10(12,13)14)9(11)5-6-2-3-7(9)4-6/h6-7,15H,2-5H2,1H3. The molecule has 4 atom stereocenters. The lowest BCUT2D eigenvalue weighted by atomic mass is 9.74. The van der Waals surface area contributed by atoms with Crippen LogP contribution in [-0.4, -0.2) is 22.6 Å². The molecule has 2 fully saturated rings. The van der Waals surface area contributed by atoms with Crippen LogP contribution in [0.5, 0.6) is 0 Å². The van der Waals surface area contributed by atoms with Crippen LogP contribution in [0.1, 0.15) is 32.6 Å². The first kappa shape index (κ1) is 11.2. The van der Waals surface area contributed by atoms with Crippen LogP contribution >= 0.6 is 0 Å². The molecule has 0 radical (unpaired) electrons. The molecule has 0 amide bonds. The van der Waals surface area contributed by atoms with Gasteiger partial charge in [-0.15, -0.1) is 0 Å². The summed E-state index contributed by atoms with van der Waals surface area (Å²) >= 11 is 0. The molecule has 0 aromatic rings. The van der Waals surface area contributed by atoms with E-state index in [2.05, 4.69) is 0 Å². The molecule has 2 aliphatic rings. The van der Waals surface area contributed by atoms with Crippen LogP contribution in [0, 0.1) is 11.8 Å². The highest BCUT2D eigenvalue weighted by Gasteiger charge is 2.70. The molecular formula is C10H14F4O. The Morgan fingerprint density at radius 3 is 2.20 bits per heavy atom. The largest absolute Gasteiger partial charge is 0.420 e. The van der Waals surface area contributed by atoms with Crippen molar-refractivity contribution < 1.29 is 22.7 Å². The predicted octanol–water partition coefficient (Wildman–Crippen LogP) is 2.83. The maximum Gasteiger partial charge on any atom is 0.420 e. The third-order valence-corrected chi connectivity index (χ3v) is 4.14. The lowest BCUT2D eigenvalue weighted by Gasteiger charge is -2.42. The molecular weight excluding hydrogens is 212 g/mol. The predicted molar refractivity (Wildman–Crippen MR) is 46.0 cm³/mol. The van der Waals surface area contributed by atoms with Crippen molar-refractivity contribution >= 4 is 0 Å². The summed E-state index contributed by atoms with van der Waals surface area (Å²) in [4.78, 5) is 0. The minimum Gasteiger partial charge on any atom is -0.378 e. The van der Waals surface area contributed by atoms with E-state index in [0.717, 1.165) is 6.42 Å². The van der Waals surface area contributed by atoms with Crippen molar-refractivity contribution in [3.05, 3.63) is 0 Å². The second-order valence-corrected chi connectivity index (χ2v) is 5.01. The smallest absolute Gasteiger partial charge is 0.378 e. The van der Waals surface area contributed by atoms with Crippen LogP contribution in [0.25, 0.3) is 0 Å². The fraction of sp³-hybridized carbons (Fsp3) is 1.00. The van der Waals surface area contributed by atoms with Gasteiger partial charge in [-0.1, -0.05) is 0 Å². The quantitative estimate of drug-likeness (QED) is 0.681. The highest BCUT2D eigenvalue weighted by molar-refractivity contribution is 5.13. The highest BCUT2D eigenvalue weighted by Crippen LogP contribution is 2.59. The molecule has 2 saturated carbocycles. The van der Waals surface area contributed by atoms with Crippen molar-refractivity contribution in [2.24, 2.45) is 11.8 Å². The molecule has 0 aliphatic heterocycles. The van der Waals surface area contributed by atoms with Gasteiger partial charge in [0.25, 0.3) is 0 Å². The molecule has 0 heterocycles. The lowest BCUT2D eigenvalue weighted by molar-refractivity contribution is -0.304. The van der Waals surface area contributed by atoms with Gasteiger partial charge < -0.3 is 5.11 Å². The van der Waals surface area contributed by atoms with Gasteiger partial charge in [0.15, 0.2) is 11.3 Å². The van der Waals surface area contributed by atoms with E-state index in [9.17, 15) is 22.7 Å². The number of hydrogen-bond donors (Lipinski definition) is 1. The van der Waals surface area contributed by atoms with Gasteiger partial charge in [-0.2, -0.15) is 13.2 Å². The van der Waals surface area contributed by atoms with Crippen LogP contribution in [0.3, 0.4) is 0 Å². The number of hydrogen-bond acceptors (Lipinski definition) is 1. The maximum absolute atomic E-state index is 14.3. The molecule has 2 aliphatic carbocycles. The number of halogens is 4. The Hall–Kier alpha value is -0.320. The first-order chi connectivity index (χ1) is 6.68. The molecule has 5 heteroatoms. The molecule has 2 bridgehead atoms. The van der Waals surface area contributed by atoms with Gasteiger partial charge in [0, 0.05) is 0 Å². The Kier molecular flexibility index (Phi) is 2.14. The van der Waals surface area contributed by atoms with E-state index in [-0.39, 0.29) is 12.3 Å². The van der Waals surface area contributed by atoms with E-state index in [1.54, 1.807) is 0 Å². The van der Waals surface area contributed by atoms with Crippen LogP contribution in [0.2, 0.25) is 0 Å². The van der Waals surface area contributed by atoms with Crippen LogP contribution < -0.4 is 0 Å². The summed E-state index contributed by atoms with van der Waals surface area (Å²) in [6.07, 6.45) is -3.29. The highest BCUT2D eigenvalue weighted by atomic mass is 19.4. The van der Waals surface area contributed by atoms with Crippen molar-refractivity contribution in [1.29, 1.82) is 0 Å².